The molecule has 1 heterocycles. The van der Waals surface area contributed by atoms with Crippen LogP contribution in [0.2, 0.25) is 0 Å². The predicted octanol–water partition coefficient (Wildman–Crippen LogP) is 2.25. The Labute approximate surface area is 135 Å². The van der Waals surface area contributed by atoms with Crippen LogP contribution in [0, 0.1) is 0 Å². The number of pyridine rings is 1. The Morgan fingerprint density at radius 1 is 1.13 bits per heavy atom. The van der Waals surface area contributed by atoms with Crippen LogP contribution in [-0.2, 0) is 29.3 Å². The second-order valence-electron chi connectivity index (χ2n) is 5.59. The summed E-state index contributed by atoms with van der Waals surface area (Å²) >= 11 is 0. The number of aromatic nitrogens is 1. The lowest BCUT2D eigenvalue weighted by Gasteiger charge is -2.08. The third kappa shape index (κ3) is 3.27. The zero-order valence-electron chi connectivity index (χ0n) is 12.9. The highest BCUT2D eigenvalue weighted by atomic mass is 32.2. The summed E-state index contributed by atoms with van der Waals surface area (Å²) < 4.78 is 26.7. The Kier molecular flexibility index (Phi) is 4.17. The molecule has 5 nitrogen and oxygen atoms in total. The highest BCUT2D eigenvalue weighted by Gasteiger charge is 2.21. The molecule has 120 valence electrons. The van der Waals surface area contributed by atoms with Crippen LogP contribution in [0.5, 0.6) is 0 Å². The maximum absolute atomic E-state index is 12.3. The van der Waals surface area contributed by atoms with Gasteiger partial charge in [-0.3, -0.25) is 4.79 Å². The van der Waals surface area contributed by atoms with Crippen molar-refractivity contribution in [1.29, 1.82) is 0 Å². The molecule has 0 fully saturated rings. The van der Waals surface area contributed by atoms with Crippen LogP contribution in [0.25, 0.3) is 0 Å². The predicted molar refractivity (Wildman–Crippen MR) is 86.7 cm³/mol. The SMILES string of the molecule is CCc1ccc(S(=O)(=O)NC(=O)c2ccc3c(n2)CCC3)cc1. The van der Waals surface area contributed by atoms with Crippen molar-refractivity contribution in [2.45, 2.75) is 37.5 Å². The summed E-state index contributed by atoms with van der Waals surface area (Å²) in [6.07, 6.45) is 3.65. The Balaban J connectivity index is 1.80. The zero-order valence-corrected chi connectivity index (χ0v) is 13.7. The first-order valence-electron chi connectivity index (χ1n) is 7.64. The van der Waals surface area contributed by atoms with Crippen LogP contribution >= 0.6 is 0 Å². The van der Waals surface area contributed by atoms with Crippen LogP contribution in [-0.4, -0.2) is 19.3 Å². The molecule has 23 heavy (non-hydrogen) atoms. The fourth-order valence-electron chi connectivity index (χ4n) is 2.68. The van der Waals surface area contributed by atoms with Gasteiger partial charge in [-0.05, 0) is 55.0 Å². The van der Waals surface area contributed by atoms with Gasteiger partial charge in [-0.25, -0.2) is 18.1 Å². The van der Waals surface area contributed by atoms with E-state index in [0.29, 0.717) is 0 Å². The normalized spacial score (nSPS) is 13.6. The van der Waals surface area contributed by atoms with Crippen molar-refractivity contribution in [3.63, 3.8) is 0 Å². The van der Waals surface area contributed by atoms with Gasteiger partial charge in [0.2, 0.25) is 0 Å². The smallest absolute Gasteiger partial charge is 0.266 e. The summed E-state index contributed by atoms with van der Waals surface area (Å²) in [6, 6.07) is 9.93. The van der Waals surface area contributed by atoms with Crippen molar-refractivity contribution >= 4 is 15.9 Å². The highest BCUT2D eigenvalue weighted by molar-refractivity contribution is 7.90. The standard InChI is InChI=1S/C17H18N2O3S/c1-2-12-6-9-14(10-7-12)23(21,22)19-17(20)16-11-8-13-4-3-5-15(13)18-16/h6-11H,2-5H2,1H3,(H,19,20). The molecule has 1 aromatic carbocycles. The molecule has 2 aromatic rings. The largest absolute Gasteiger partial charge is 0.283 e. The maximum Gasteiger partial charge on any atom is 0.283 e. The van der Waals surface area contributed by atoms with E-state index >= 15 is 0 Å². The first kappa shape index (κ1) is 15.7. The Morgan fingerprint density at radius 2 is 1.87 bits per heavy atom. The van der Waals surface area contributed by atoms with Gasteiger partial charge >= 0.3 is 0 Å². The van der Waals surface area contributed by atoms with Crippen molar-refractivity contribution in [2.75, 3.05) is 0 Å². The van der Waals surface area contributed by atoms with E-state index in [9.17, 15) is 13.2 Å². The van der Waals surface area contributed by atoms with Crippen LogP contribution in [0.15, 0.2) is 41.3 Å². The average molecular weight is 330 g/mol. The molecular weight excluding hydrogens is 312 g/mol. The van der Waals surface area contributed by atoms with Gasteiger partial charge in [0.1, 0.15) is 5.69 Å². The van der Waals surface area contributed by atoms with Crippen molar-refractivity contribution in [3.05, 3.63) is 58.9 Å². The first-order chi connectivity index (χ1) is 11.0. The van der Waals surface area contributed by atoms with Gasteiger partial charge in [0.25, 0.3) is 15.9 Å². The fourth-order valence-corrected chi connectivity index (χ4v) is 3.65. The van der Waals surface area contributed by atoms with Gasteiger partial charge in [0.05, 0.1) is 4.90 Å². The number of carbonyl (C=O) groups is 1. The molecule has 0 saturated heterocycles. The van der Waals surface area contributed by atoms with Crippen LogP contribution < -0.4 is 4.72 Å². The lowest BCUT2D eigenvalue weighted by atomic mass is 10.2. The Hall–Kier alpha value is -2.21. The second-order valence-corrected chi connectivity index (χ2v) is 7.27. The minimum atomic E-state index is -3.89. The molecule has 1 aliphatic rings. The van der Waals surface area contributed by atoms with Gasteiger partial charge < -0.3 is 0 Å². The molecule has 0 aliphatic heterocycles. The van der Waals surface area contributed by atoms with E-state index in [2.05, 4.69) is 9.71 Å². The Morgan fingerprint density at radius 3 is 2.57 bits per heavy atom. The van der Waals surface area contributed by atoms with Crippen molar-refractivity contribution in [2.24, 2.45) is 0 Å². The molecule has 0 unspecified atom stereocenters. The first-order valence-corrected chi connectivity index (χ1v) is 9.13. The second kappa shape index (κ2) is 6.12. The van der Waals surface area contributed by atoms with E-state index in [1.54, 1.807) is 18.2 Å². The maximum atomic E-state index is 12.3. The molecule has 3 rings (SSSR count). The summed E-state index contributed by atoms with van der Waals surface area (Å²) in [6.45, 7) is 1.99. The summed E-state index contributed by atoms with van der Waals surface area (Å²) in [5, 5.41) is 0. The topological polar surface area (TPSA) is 76.1 Å². The Bertz CT molecular complexity index is 843. The number of rotatable bonds is 4. The van der Waals surface area contributed by atoms with Crippen molar-refractivity contribution in [3.8, 4) is 0 Å². The molecule has 0 spiro atoms. The lowest BCUT2D eigenvalue weighted by Crippen LogP contribution is -2.31. The summed E-state index contributed by atoms with van der Waals surface area (Å²) in [7, 11) is -3.89. The van der Waals surface area contributed by atoms with E-state index in [1.165, 1.54) is 12.1 Å². The van der Waals surface area contributed by atoms with Crippen LogP contribution in [0.1, 0.15) is 40.7 Å². The molecule has 6 heteroatoms. The number of nitrogens with zero attached hydrogens (tertiary/aromatic N) is 1. The summed E-state index contributed by atoms with van der Waals surface area (Å²) in [5.41, 5.74) is 3.21. The molecule has 1 aromatic heterocycles. The molecule has 1 N–H and O–H groups in total. The fraction of sp³-hybridized carbons (Fsp3) is 0.294. The zero-order chi connectivity index (χ0) is 16.4. The molecule has 1 aliphatic carbocycles. The van der Waals surface area contributed by atoms with Gasteiger partial charge in [0, 0.05) is 5.69 Å². The highest BCUT2D eigenvalue weighted by Crippen LogP contribution is 2.20. The molecule has 0 radical (unpaired) electrons. The average Bonchev–Trinajstić information content (AvgIpc) is 3.02. The van der Waals surface area contributed by atoms with Gasteiger partial charge in [0.15, 0.2) is 0 Å². The number of benzene rings is 1. The van der Waals surface area contributed by atoms with E-state index in [4.69, 9.17) is 0 Å². The van der Waals surface area contributed by atoms with Gasteiger partial charge in [-0.15, -0.1) is 0 Å². The van der Waals surface area contributed by atoms with E-state index in [0.717, 1.165) is 42.5 Å². The van der Waals surface area contributed by atoms with E-state index in [1.807, 2.05) is 13.0 Å². The number of amides is 1. The number of hydrogen-bond acceptors (Lipinski definition) is 4. The van der Waals surface area contributed by atoms with Gasteiger partial charge in [-0.2, -0.15) is 0 Å². The number of hydrogen-bond donors (Lipinski definition) is 1. The molecule has 0 atom stereocenters. The minimum absolute atomic E-state index is 0.0733. The van der Waals surface area contributed by atoms with Crippen molar-refractivity contribution in [1.82, 2.24) is 9.71 Å². The van der Waals surface area contributed by atoms with Crippen molar-refractivity contribution < 1.29 is 13.2 Å². The molecule has 1 amide bonds. The molecule has 0 saturated carbocycles. The number of fused-ring (bicyclic) bond motifs is 1. The quantitative estimate of drug-likeness (QED) is 0.933. The third-order valence-corrected chi connectivity index (χ3v) is 5.38. The summed E-state index contributed by atoms with van der Waals surface area (Å²) in [4.78, 5) is 16.6. The van der Waals surface area contributed by atoms with E-state index in [-0.39, 0.29) is 10.6 Å². The minimum Gasteiger partial charge on any atom is -0.266 e. The van der Waals surface area contributed by atoms with Crippen LogP contribution in [0.3, 0.4) is 0 Å². The lowest BCUT2D eigenvalue weighted by molar-refractivity contribution is 0.0976. The number of carbonyl (C=O) groups excluding carboxylic acids is 1. The van der Waals surface area contributed by atoms with E-state index < -0.39 is 15.9 Å². The van der Waals surface area contributed by atoms with Crippen LogP contribution in [0.4, 0.5) is 0 Å². The monoisotopic (exact) mass is 330 g/mol. The third-order valence-electron chi connectivity index (χ3n) is 4.03. The molecular formula is C17H18N2O3S. The number of sulfonamides is 1. The van der Waals surface area contributed by atoms with Gasteiger partial charge in [-0.1, -0.05) is 25.1 Å². The number of aryl methyl sites for hydroxylation is 3. The summed E-state index contributed by atoms with van der Waals surface area (Å²) in [5.74, 6) is -0.695. The molecule has 0 bridgehead atoms. The number of nitrogens with one attached hydrogen (secondary N) is 1.